The molecule has 0 spiro atoms. The maximum Gasteiger partial charge on any atom is 0.158 e. The molecule has 3 aromatic rings. The van der Waals surface area contributed by atoms with E-state index in [1.54, 1.807) is 0 Å². The van der Waals surface area contributed by atoms with Crippen molar-refractivity contribution < 1.29 is 0 Å². The molecule has 0 unspecified atom stereocenters. The maximum absolute atomic E-state index is 4.50. The van der Waals surface area contributed by atoms with Gasteiger partial charge < -0.3 is 9.88 Å². The number of aromatic nitrogens is 4. The summed E-state index contributed by atoms with van der Waals surface area (Å²) in [6, 6.07) is 6.02. The highest BCUT2D eigenvalue weighted by molar-refractivity contribution is 5.95. The van der Waals surface area contributed by atoms with Crippen molar-refractivity contribution in [2.75, 3.05) is 5.32 Å². The van der Waals surface area contributed by atoms with Gasteiger partial charge >= 0.3 is 0 Å². The molecule has 5 heteroatoms. The Morgan fingerprint density at radius 1 is 1.14 bits per heavy atom. The van der Waals surface area contributed by atoms with Crippen LogP contribution < -0.4 is 5.32 Å². The van der Waals surface area contributed by atoms with Crippen molar-refractivity contribution in [3.63, 3.8) is 0 Å². The number of rotatable bonds is 3. The topological polar surface area (TPSA) is 55.6 Å². The van der Waals surface area contributed by atoms with Gasteiger partial charge in [0.05, 0.1) is 17.9 Å². The van der Waals surface area contributed by atoms with Crippen LogP contribution in [-0.2, 0) is 13.6 Å². The fraction of sp³-hybridized carbons (Fsp3) is 0.312. The zero-order chi connectivity index (χ0) is 15.0. The average Bonchev–Trinajstić information content (AvgIpc) is 2.76. The molecule has 0 saturated carbocycles. The third-order valence-electron chi connectivity index (χ3n) is 3.79. The monoisotopic (exact) mass is 281 g/mol. The van der Waals surface area contributed by atoms with Crippen molar-refractivity contribution in [2.45, 2.75) is 27.3 Å². The first-order valence-corrected chi connectivity index (χ1v) is 7.01. The summed E-state index contributed by atoms with van der Waals surface area (Å²) in [5, 5.41) is 14.2. The van der Waals surface area contributed by atoms with E-state index < -0.39 is 0 Å². The van der Waals surface area contributed by atoms with Gasteiger partial charge in [0.25, 0.3) is 0 Å². The third kappa shape index (κ3) is 2.46. The summed E-state index contributed by atoms with van der Waals surface area (Å²) in [5.41, 5.74) is 4.15. The molecule has 0 aliphatic heterocycles. The number of hydrogen-bond donors (Lipinski definition) is 1. The van der Waals surface area contributed by atoms with Crippen LogP contribution in [0.1, 0.15) is 22.8 Å². The predicted octanol–water partition coefficient (Wildman–Crippen LogP) is 2.90. The van der Waals surface area contributed by atoms with Crippen LogP contribution in [0, 0.1) is 20.8 Å². The zero-order valence-electron chi connectivity index (χ0n) is 12.8. The van der Waals surface area contributed by atoms with E-state index in [4.69, 9.17) is 0 Å². The molecule has 0 fully saturated rings. The van der Waals surface area contributed by atoms with Crippen LogP contribution in [0.3, 0.4) is 0 Å². The molecular formula is C16H19N5. The van der Waals surface area contributed by atoms with E-state index in [1.807, 2.05) is 39.1 Å². The Hall–Kier alpha value is -2.43. The first kappa shape index (κ1) is 13.5. The summed E-state index contributed by atoms with van der Waals surface area (Å²) in [6.07, 6.45) is 2.10. The quantitative estimate of drug-likeness (QED) is 0.802. The molecule has 108 valence electrons. The van der Waals surface area contributed by atoms with E-state index in [9.17, 15) is 0 Å². The summed E-state index contributed by atoms with van der Waals surface area (Å²) in [4.78, 5) is 4.50. The normalized spacial score (nSPS) is 11.0. The van der Waals surface area contributed by atoms with Crippen molar-refractivity contribution in [3.05, 3.63) is 47.2 Å². The summed E-state index contributed by atoms with van der Waals surface area (Å²) < 4.78 is 2.11. The minimum absolute atomic E-state index is 0.642. The zero-order valence-corrected chi connectivity index (χ0v) is 12.8. The van der Waals surface area contributed by atoms with Crippen LogP contribution in [-0.4, -0.2) is 19.7 Å². The molecule has 0 atom stereocenters. The van der Waals surface area contributed by atoms with Crippen LogP contribution in [0.2, 0.25) is 0 Å². The van der Waals surface area contributed by atoms with Gasteiger partial charge in [0.15, 0.2) is 5.82 Å². The average molecular weight is 281 g/mol. The Labute approximate surface area is 124 Å². The van der Waals surface area contributed by atoms with E-state index in [2.05, 4.69) is 38.2 Å². The van der Waals surface area contributed by atoms with Crippen molar-refractivity contribution in [1.29, 1.82) is 0 Å². The van der Waals surface area contributed by atoms with Crippen LogP contribution >= 0.6 is 0 Å². The van der Waals surface area contributed by atoms with Gasteiger partial charge in [-0.1, -0.05) is 6.07 Å². The Morgan fingerprint density at radius 2 is 1.95 bits per heavy atom. The molecule has 0 aliphatic rings. The van der Waals surface area contributed by atoms with E-state index in [0.717, 1.165) is 33.7 Å². The molecule has 0 aromatic carbocycles. The van der Waals surface area contributed by atoms with E-state index in [1.165, 1.54) is 5.69 Å². The van der Waals surface area contributed by atoms with Crippen molar-refractivity contribution in [1.82, 2.24) is 19.7 Å². The number of anilines is 1. The molecule has 0 amide bonds. The van der Waals surface area contributed by atoms with Crippen LogP contribution in [0.4, 0.5) is 5.82 Å². The molecule has 0 radical (unpaired) electrons. The fourth-order valence-corrected chi connectivity index (χ4v) is 2.52. The van der Waals surface area contributed by atoms with Gasteiger partial charge in [0, 0.05) is 35.4 Å². The molecule has 21 heavy (non-hydrogen) atoms. The van der Waals surface area contributed by atoms with E-state index >= 15 is 0 Å². The molecule has 0 aliphatic carbocycles. The molecule has 0 bridgehead atoms. The van der Waals surface area contributed by atoms with Crippen molar-refractivity contribution >= 4 is 16.6 Å². The van der Waals surface area contributed by atoms with Crippen molar-refractivity contribution in [2.24, 2.45) is 7.05 Å². The lowest BCUT2D eigenvalue weighted by molar-refractivity contribution is 0.888. The lowest BCUT2D eigenvalue weighted by atomic mass is 10.2. The molecular weight excluding hydrogens is 262 g/mol. The first-order chi connectivity index (χ1) is 10.1. The second-order valence-corrected chi connectivity index (χ2v) is 5.37. The van der Waals surface area contributed by atoms with Gasteiger partial charge in [-0.3, -0.25) is 4.98 Å². The Kier molecular flexibility index (Phi) is 3.33. The summed E-state index contributed by atoms with van der Waals surface area (Å²) in [7, 11) is 2.04. The van der Waals surface area contributed by atoms with Crippen LogP contribution in [0.5, 0.6) is 0 Å². The molecule has 3 rings (SSSR count). The minimum atomic E-state index is 0.642. The fourth-order valence-electron chi connectivity index (χ4n) is 2.52. The second kappa shape index (κ2) is 5.16. The van der Waals surface area contributed by atoms with Gasteiger partial charge in [0.2, 0.25) is 0 Å². The van der Waals surface area contributed by atoms with Gasteiger partial charge in [-0.25, -0.2) is 0 Å². The minimum Gasteiger partial charge on any atom is -0.362 e. The predicted molar refractivity (Wildman–Crippen MR) is 84.3 cm³/mol. The number of aryl methyl sites for hydroxylation is 4. The second-order valence-electron chi connectivity index (χ2n) is 5.37. The van der Waals surface area contributed by atoms with Gasteiger partial charge in [-0.2, -0.15) is 5.10 Å². The lowest BCUT2D eigenvalue weighted by Gasteiger charge is -2.08. The Morgan fingerprint density at radius 3 is 2.71 bits per heavy atom. The largest absolute Gasteiger partial charge is 0.362 e. The molecule has 3 aromatic heterocycles. The summed E-state index contributed by atoms with van der Waals surface area (Å²) in [5.74, 6) is 0.817. The summed E-state index contributed by atoms with van der Waals surface area (Å²) in [6.45, 7) is 6.72. The number of pyridine rings is 1. The number of hydrogen-bond acceptors (Lipinski definition) is 4. The summed E-state index contributed by atoms with van der Waals surface area (Å²) >= 11 is 0. The highest BCUT2D eigenvalue weighted by Gasteiger charge is 2.12. The Bertz CT molecular complexity index is 804. The van der Waals surface area contributed by atoms with Gasteiger partial charge in [0.1, 0.15) is 0 Å². The van der Waals surface area contributed by atoms with Crippen LogP contribution in [0.25, 0.3) is 10.8 Å². The molecule has 5 nitrogen and oxygen atoms in total. The smallest absolute Gasteiger partial charge is 0.158 e. The van der Waals surface area contributed by atoms with Gasteiger partial charge in [-0.15, -0.1) is 5.10 Å². The highest BCUT2D eigenvalue weighted by atomic mass is 15.2. The van der Waals surface area contributed by atoms with Crippen molar-refractivity contribution in [3.8, 4) is 0 Å². The van der Waals surface area contributed by atoms with Gasteiger partial charge in [-0.05, 0) is 32.9 Å². The number of fused-ring (bicyclic) bond motifs is 1. The standard InChI is InChI=1S/C16H19N5/c1-10-6-5-7-13(18-10)8-17-16-15-12(3)21(4)9-14(15)11(2)19-20-16/h5-7,9H,8H2,1-4H3,(H,17,20). The highest BCUT2D eigenvalue weighted by Crippen LogP contribution is 2.27. The molecule has 1 N–H and O–H groups in total. The van der Waals surface area contributed by atoms with Crippen LogP contribution in [0.15, 0.2) is 24.4 Å². The number of nitrogens with one attached hydrogen (secondary N) is 1. The first-order valence-electron chi connectivity index (χ1n) is 7.01. The Balaban J connectivity index is 1.96. The van der Waals surface area contributed by atoms with E-state index in [0.29, 0.717) is 6.54 Å². The molecule has 0 saturated heterocycles. The maximum atomic E-state index is 4.50. The SMILES string of the molecule is Cc1cccc(CNc2nnc(C)c3cn(C)c(C)c23)n1. The van der Waals surface area contributed by atoms with E-state index in [-0.39, 0.29) is 0 Å². The lowest BCUT2D eigenvalue weighted by Crippen LogP contribution is -2.06. The molecule has 3 heterocycles. The number of nitrogens with zero attached hydrogens (tertiary/aromatic N) is 4. The third-order valence-corrected chi connectivity index (χ3v) is 3.79.